The summed E-state index contributed by atoms with van der Waals surface area (Å²) < 4.78 is 0. The molecule has 0 unspecified atom stereocenters. The van der Waals surface area contributed by atoms with E-state index in [0.717, 1.165) is 16.0 Å². The average Bonchev–Trinajstić information content (AvgIpc) is 3.19. The minimum atomic E-state index is -1.27. The molecule has 0 spiro atoms. The van der Waals surface area contributed by atoms with Gasteiger partial charge >= 0.3 is 41.8 Å². The summed E-state index contributed by atoms with van der Waals surface area (Å²) in [5.41, 5.74) is 2.53. The number of carboxylic acid groups (broad SMARTS) is 7. The molecule has 0 radical (unpaired) electrons. The molecule has 9 N–H and O–H groups in total. The van der Waals surface area contributed by atoms with Crippen LogP contribution in [-0.2, 0) is 54.4 Å². The maximum Gasteiger partial charge on any atom is 0.317 e. The molecule has 25 nitrogen and oxygen atoms in total. The highest BCUT2D eigenvalue weighted by Crippen LogP contribution is 2.16. The van der Waals surface area contributed by atoms with E-state index in [9.17, 15) is 68.4 Å². The van der Waals surface area contributed by atoms with E-state index in [1.54, 1.807) is 48.5 Å². The highest BCUT2D eigenvalue weighted by Gasteiger charge is 2.21. The van der Waals surface area contributed by atoms with Gasteiger partial charge in [-0.1, -0.05) is 24.3 Å². The van der Waals surface area contributed by atoms with Crippen LogP contribution in [0, 0.1) is 0 Å². The van der Waals surface area contributed by atoms with Crippen molar-refractivity contribution in [1.82, 2.24) is 29.4 Å². The van der Waals surface area contributed by atoms with Crippen molar-refractivity contribution in [2.45, 2.75) is 6.42 Å². The van der Waals surface area contributed by atoms with Gasteiger partial charge in [0.1, 0.15) is 6.29 Å². The van der Waals surface area contributed by atoms with Crippen LogP contribution in [0.3, 0.4) is 0 Å². The molecule has 2 aromatic carbocycles. The lowest BCUT2D eigenvalue weighted by molar-refractivity contribution is -0.143. The van der Waals surface area contributed by atoms with Gasteiger partial charge in [-0.15, -0.1) is 0 Å². The third-order valence-corrected chi connectivity index (χ3v) is 9.39. The van der Waals surface area contributed by atoms with E-state index in [2.05, 4.69) is 10.6 Å². The van der Waals surface area contributed by atoms with Crippen molar-refractivity contribution in [3.63, 3.8) is 0 Å². The molecule has 0 saturated heterocycles. The second kappa shape index (κ2) is 29.5. The van der Waals surface area contributed by atoms with Gasteiger partial charge < -0.3 is 51.2 Å². The number of nitrogens with one attached hydrogen (secondary N) is 2. The van der Waals surface area contributed by atoms with Gasteiger partial charge in [-0.05, 0) is 41.8 Å². The maximum atomic E-state index is 12.9. The van der Waals surface area contributed by atoms with Gasteiger partial charge in [-0.2, -0.15) is 0 Å². The Kier molecular flexibility index (Phi) is 24.7. The molecule has 0 aromatic heterocycles. The number of benzene rings is 2. The highest BCUT2D eigenvalue weighted by molar-refractivity contribution is 5.93. The average molecular weight is 933 g/mol. The molecule has 0 fully saturated rings. The molecule has 0 aliphatic carbocycles. The van der Waals surface area contributed by atoms with Crippen molar-refractivity contribution in [2.24, 2.45) is 0 Å². The SMILES string of the molecule is O=CCN(CCN(CCN(CC(=O)O)CC(=O)Nc1ccc(Cc2ccc(NC(=O)CN(CCN(CCN(CC(=O)O)CC(=O)O)CC(=O)O)CC(=O)O)cc2)cc1)CC(=O)O)CC(=O)O. The lowest BCUT2D eigenvalue weighted by atomic mass is 10.0. The predicted molar refractivity (Wildman–Crippen MR) is 231 cm³/mol. The molecular formula is C41H56N8O17. The molecule has 362 valence electrons. The van der Waals surface area contributed by atoms with Crippen molar-refractivity contribution in [2.75, 3.05) is 128 Å². The summed E-state index contributed by atoms with van der Waals surface area (Å²) in [5, 5.41) is 70.2. The maximum absolute atomic E-state index is 12.9. The van der Waals surface area contributed by atoms with Gasteiger partial charge in [0.15, 0.2) is 0 Å². The Morgan fingerprint density at radius 3 is 0.894 bits per heavy atom. The Hall–Kier alpha value is -6.90. The fourth-order valence-electron chi connectivity index (χ4n) is 6.45. The molecule has 2 amide bonds. The fraction of sp³-hybridized carbons (Fsp3) is 0.463. The van der Waals surface area contributed by atoms with Crippen molar-refractivity contribution >= 4 is 71.3 Å². The lowest BCUT2D eigenvalue weighted by Crippen LogP contribution is -2.46. The Labute approximate surface area is 378 Å². The van der Waals surface area contributed by atoms with Gasteiger partial charge in [0, 0.05) is 63.7 Å². The van der Waals surface area contributed by atoms with Crippen LogP contribution in [0.2, 0.25) is 0 Å². The molecule has 0 heterocycles. The Morgan fingerprint density at radius 2 is 0.606 bits per heavy atom. The molecular weight excluding hydrogens is 876 g/mol. The van der Waals surface area contributed by atoms with E-state index in [0.29, 0.717) is 24.1 Å². The largest absolute Gasteiger partial charge is 0.480 e. The zero-order valence-corrected chi connectivity index (χ0v) is 36.0. The van der Waals surface area contributed by atoms with Crippen LogP contribution in [0.25, 0.3) is 0 Å². The number of carboxylic acids is 7. The lowest BCUT2D eigenvalue weighted by Gasteiger charge is -2.27. The van der Waals surface area contributed by atoms with Crippen LogP contribution in [0.5, 0.6) is 0 Å². The molecule has 0 atom stereocenters. The summed E-state index contributed by atoms with van der Waals surface area (Å²) in [6.45, 7) is -4.63. The van der Waals surface area contributed by atoms with E-state index in [1.165, 1.54) is 24.5 Å². The van der Waals surface area contributed by atoms with E-state index in [4.69, 9.17) is 15.3 Å². The van der Waals surface area contributed by atoms with Crippen molar-refractivity contribution in [3.8, 4) is 0 Å². The molecule has 25 heteroatoms. The second-order valence-electron chi connectivity index (χ2n) is 15.0. The number of hydrogen-bond acceptors (Lipinski definition) is 16. The first kappa shape index (κ1) is 55.2. The number of amides is 2. The van der Waals surface area contributed by atoms with Crippen LogP contribution in [-0.4, -0.2) is 243 Å². The zero-order valence-electron chi connectivity index (χ0n) is 36.0. The monoisotopic (exact) mass is 932 g/mol. The number of nitrogens with zero attached hydrogens (tertiary/aromatic N) is 6. The fourth-order valence-corrected chi connectivity index (χ4v) is 6.45. The van der Waals surface area contributed by atoms with Crippen LogP contribution in [0.1, 0.15) is 11.1 Å². The number of aliphatic carboxylic acids is 7. The Morgan fingerprint density at radius 1 is 0.364 bits per heavy atom. The van der Waals surface area contributed by atoms with E-state index in [1.807, 2.05) is 0 Å². The number of rotatable bonds is 36. The standard InChI is InChI=1S/C41H56N8O17/c50-18-17-46(24-37(57)58)10-9-44(22-35(53)54)11-14-47(25-38(59)60)20-33(51)42-31-5-1-29(2-6-31)19-30-3-7-32(8-4-30)43-34(52)21-48(26-39(61)62)15-12-45(23-36(55)56)13-16-49(27-40(63)64)28-41(65)66/h1-8,18H,9-17,19-28H2,(H,42,51)(H,43,52)(H,53,54)(H,55,56)(H,57,58)(H,59,60)(H,61,62)(H,63,64)(H,65,66). The Bertz CT molecular complexity index is 1950. The molecule has 0 saturated carbocycles. The van der Waals surface area contributed by atoms with Crippen molar-refractivity contribution in [3.05, 3.63) is 59.7 Å². The van der Waals surface area contributed by atoms with Gasteiger partial charge in [-0.25, -0.2) is 0 Å². The van der Waals surface area contributed by atoms with E-state index < -0.39 is 99.4 Å². The number of carbonyl (C=O) groups excluding carboxylic acids is 3. The minimum Gasteiger partial charge on any atom is -0.480 e. The molecule has 0 bridgehead atoms. The summed E-state index contributed by atoms with van der Waals surface area (Å²) in [6.07, 6.45) is 0.979. The second-order valence-corrected chi connectivity index (χ2v) is 15.0. The third-order valence-electron chi connectivity index (χ3n) is 9.39. The number of hydrogen-bond donors (Lipinski definition) is 9. The van der Waals surface area contributed by atoms with E-state index in [-0.39, 0.29) is 72.0 Å². The first-order valence-electron chi connectivity index (χ1n) is 20.3. The number of carbonyl (C=O) groups is 10. The minimum absolute atomic E-state index is 0.0157. The van der Waals surface area contributed by atoms with Gasteiger partial charge in [0.05, 0.1) is 65.4 Å². The quantitative estimate of drug-likeness (QED) is 0.0326. The molecule has 2 aromatic rings. The van der Waals surface area contributed by atoms with Crippen molar-refractivity contribution in [1.29, 1.82) is 0 Å². The first-order valence-corrected chi connectivity index (χ1v) is 20.3. The topological polar surface area (TPSA) is 356 Å². The third kappa shape index (κ3) is 25.4. The van der Waals surface area contributed by atoms with Crippen LogP contribution in [0.15, 0.2) is 48.5 Å². The smallest absolute Gasteiger partial charge is 0.317 e. The summed E-state index contributed by atoms with van der Waals surface area (Å²) in [6, 6.07) is 13.6. The number of aldehydes is 1. The number of anilines is 2. The van der Waals surface area contributed by atoms with Crippen LogP contribution in [0.4, 0.5) is 11.4 Å². The first-order chi connectivity index (χ1) is 31.2. The molecule has 0 aliphatic heterocycles. The molecule has 2 rings (SSSR count). The summed E-state index contributed by atoms with van der Waals surface area (Å²) in [7, 11) is 0. The highest BCUT2D eigenvalue weighted by atomic mass is 16.4. The van der Waals surface area contributed by atoms with Crippen LogP contribution >= 0.6 is 0 Å². The normalized spacial score (nSPS) is 11.3. The van der Waals surface area contributed by atoms with Crippen molar-refractivity contribution < 1.29 is 83.7 Å². The van der Waals surface area contributed by atoms with Gasteiger partial charge in [0.2, 0.25) is 11.8 Å². The predicted octanol–water partition coefficient (Wildman–Crippen LogP) is -2.24. The summed E-state index contributed by atoms with van der Waals surface area (Å²) >= 11 is 0. The van der Waals surface area contributed by atoms with E-state index >= 15 is 0 Å². The van der Waals surface area contributed by atoms with Gasteiger partial charge in [0.25, 0.3) is 0 Å². The van der Waals surface area contributed by atoms with Gasteiger partial charge in [-0.3, -0.25) is 72.6 Å². The zero-order chi connectivity index (χ0) is 49.2. The Balaban J connectivity index is 1.96. The summed E-state index contributed by atoms with van der Waals surface area (Å²) in [4.78, 5) is 124. The molecule has 0 aliphatic rings. The van der Waals surface area contributed by atoms with Crippen LogP contribution < -0.4 is 10.6 Å². The molecule has 66 heavy (non-hydrogen) atoms. The summed E-state index contributed by atoms with van der Waals surface area (Å²) in [5.74, 6) is -9.66.